The maximum atomic E-state index is 12.4. The van der Waals surface area contributed by atoms with E-state index in [-0.39, 0.29) is 5.91 Å². The maximum absolute atomic E-state index is 12.4. The molecule has 1 aliphatic rings. The molecular weight excluding hydrogens is 274 g/mol. The lowest BCUT2D eigenvalue weighted by Crippen LogP contribution is -2.35. The minimum Gasteiger partial charge on any atom is -0.339 e. The van der Waals surface area contributed by atoms with Crippen molar-refractivity contribution in [3.63, 3.8) is 0 Å². The molecule has 6 nitrogen and oxygen atoms in total. The predicted molar refractivity (Wildman–Crippen MR) is 77.2 cm³/mol. The summed E-state index contributed by atoms with van der Waals surface area (Å²) in [7, 11) is 0. The van der Waals surface area contributed by atoms with Gasteiger partial charge in [-0.1, -0.05) is 4.49 Å². The van der Waals surface area contributed by atoms with E-state index in [4.69, 9.17) is 0 Å². The van der Waals surface area contributed by atoms with Gasteiger partial charge in [-0.3, -0.25) is 4.79 Å². The second kappa shape index (κ2) is 5.96. The molecule has 1 N–H and O–H groups in total. The molecule has 20 heavy (non-hydrogen) atoms. The summed E-state index contributed by atoms with van der Waals surface area (Å²) >= 11 is 1.25. The minimum absolute atomic E-state index is 0.0811. The van der Waals surface area contributed by atoms with Crippen LogP contribution in [-0.4, -0.2) is 38.5 Å². The van der Waals surface area contributed by atoms with Gasteiger partial charge in [-0.2, -0.15) is 0 Å². The number of nitrogens with zero attached hydrogens (tertiary/aromatic N) is 4. The lowest BCUT2D eigenvalue weighted by molar-refractivity contribution is 0.0724. The van der Waals surface area contributed by atoms with Crippen LogP contribution in [0.15, 0.2) is 24.5 Å². The number of anilines is 2. The third-order valence-electron chi connectivity index (χ3n) is 3.26. The van der Waals surface area contributed by atoms with E-state index in [0.29, 0.717) is 11.4 Å². The van der Waals surface area contributed by atoms with E-state index in [1.807, 2.05) is 4.90 Å². The molecule has 0 bridgehead atoms. The van der Waals surface area contributed by atoms with E-state index in [1.165, 1.54) is 18.0 Å². The van der Waals surface area contributed by atoms with E-state index < -0.39 is 0 Å². The lowest BCUT2D eigenvalue weighted by Gasteiger charge is -2.26. The van der Waals surface area contributed by atoms with Crippen molar-refractivity contribution < 1.29 is 4.79 Å². The van der Waals surface area contributed by atoms with Crippen LogP contribution in [0.4, 0.5) is 10.8 Å². The largest absolute Gasteiger partial charge is 0.339 e. The number of carbonyl (C=O) groups excluding carboxylic acids is 1. The Kier molecular flexibility index (Phi) is 3.87. The van der Waals surface area contributed by atoms with Crippen LogP contribution >= 0.6 is 11.5 Å². The van der Waals surface area contributed by atoms with Crippen LogP contribution < -0.4 is 5.32 Å². The first-order valence-corrected chi connectivity index (χ1v) is 7.40. The van der Waals surface area contributed by atoms with E-state index in [0.717, 1.165) is 30.9 Å². The molecule has 0 atom stereocenters. The molecule has 0 aromatic carbocycles. The quantitative estimate of drug-likeness (QED) is 0.938. The molecule has 1 fully saturated rings. The Morgan fingerprint density at radius 2 is 2.15 bits per heavy atom. The summed E-state index contributed by atoms with van der Waals surface area (Å²) in [6.45, 7) is 1.70. The van der Waals surface area contributed by atoms with E-state index in [1.54, 1.807) is 24.5 Å². The van der Waals surface area contributed by atoms with Gasteiger partial charge >= 0.3 is 0 Å². The van der Waals surface area contributed by atoms with Gasteiger partial charge < -0.3 is 10.2 Å². The zero-order chi connectivity index (χ0) is 13.8. The summed E-state index contributed by atoms with van der Waals surface area (Å²) in [5.74, 6) is 0.719. The first-order valence-electron chi connectivity index (χ1n) is 6.62. The lowest BCUT2D eigenvalue weighted by atomic mass is 10.1. The Hall–Kier alpha value is -2.02. The molecule has 0 saturated carbocycles. The van der Waals surface area contributed by atoms with Gasteiger partial charge in [0.1, 0.15) is 10.8 Å². The summed E-state index contributed by atoms with van der Waals surface area (Å²) in [6.07, 6.45) is 6.67. The van der Waals surface area contributed by atoms with Crippen molar-refractivity contribution in [3.8, 4) is 0 Å². The minimum atomic E-state index is 0.0811. The Morgan fingerprint density at radius 3 is 2.90 bits per heavy atom. The molecule has 1 aliphatic heterocycles. The van der Waals surface area contributed by atoms with Crippen molar-refractivity contribution in [2.45, 2.75) is 19.3 Å². The van der Waals surface area contributed by atoms with Crippen molar-refractivity contribution in [1.29, 1.82) is 0 Å². The van der Waals surface area contributed by atoms with Crippen LogP contribution in [0.1, 0.15) is 29.6 Å². The van der Waals surface area contributed by atoms with E-state index in [9.17, 15) is 4.79 Å². The second-order valence-corrected chi connectivity index (χ2v) is 5.48. The third-order valence-corrected chi connectivity index (χ3v) is 3.84. The Bertz CT molecular complexity index is 580. The first-order chi connectivity index (χ1) is 9.83. The van der Waals surface area contributed by atoms with Gasteiger partial charge in [0.15, 0.2) is 0 Å². The molecule has 3 rings (SSSR count). The van der Waals surface area contributed by atoms with Gasteiger partial charge in [0, 0.05) is 36.4 Å². The van der Waals surface area contributed by atoms with E-state index >= 15 is 0 Å². The van der Waals surface area contributed by atoms with Crippen LogP contribution in [0.2, 0.25) is 0 Å². The van der Waals surface area contributed by atoms with Gasteiger partial charge in [0.05, 0.1) is 6.20 Å². The summed E-state index contributed by atoms with van der Waals surface area (Å²) < 4.78 is 3.78. The molecule has 0 spiro atoms. The molecule has 1 saturated heterocycles. The highest BCUT2D eigenvalue weighted by Gasteiger charge is 2.18. The number of pyridine rings is 1. The van der Waals surface area contributed by atoms with Gasteiger partial charge in [-0.15, -0.1) is 5.10 Å². The molecule has 2 aromatic rings. The Balaban J connectivity index is 1.74. The van der Waals surface area contributed by atoms with Crippen LogP contribution in [0.3, 0.4) is 0 Å². The third kappa shape index (κ3) is 2.93. The normalized spacial score (nSPS) is 15.1. The fraction of sp³-hybridized carbons (Fsp3) is 0.385. The van der Waals surface area contributed by atoms with Gasteiger partial charge in [-0.25, -0.2) is 4.98 Å². The summed E-state index contributed by atoms with van der Waals surface area (Å²) in [6, 6.07) is 3.53. The standard InChI is InChI=1S/C13H15N5OS/c19-13(18-6-2-1-3-7-18)10-4-5-14-11(8-10)16-12-9-15-17-20-12/h4-5,8-9H,1-3,6-7H2,(H,14,16). The smallest absolute Gasteiger partial charge is 0.254 e. The monoisotopic (exact) mass is 289 g/mol. The molecule has 7 heteroatoms. The van der Waals surface area contributed by atoms with Crippen LogP contribution in [0.25, 0.3) is 0 Å². The Morgan fingerprint density at radius 1 is 1.30 bits per heavy atom. The number of hydrogen-bond donors (Lipinski definition) is 1. The predicted octanol–water partition coefficient (Wildman–Crippen LogP) is 2.30. The number of hydrogen-bond acceptors (Lipinski definition) is 6. The van der Waals surface area contributed by atoms with Gasteiger partial charge in [-0.05, 0) is 31.4 Å². The molecule has 104 valence electrons. The number of aromatic nitrogens is 3. The average Bonchev–Trinajstić information content (AvgIpc) is 3.01. The maximum Gasteiger partial charge on any atom is 0.254 e. The highest BCUT2D eigenvalue weighted by atomic mass is 32.1. The van der Waals surface area contributed by atoms with E-state index in [2.05, 4.69) is 19.9 Å². The fourth-order valence-electron chi connectivity index (χ4n) is 2.26. The number of piperidine rings is 1. The van der Waals surface area contributed by atoms with Gasteiger partial charge in [0.2, 0.25) is 0 Å². The highest BCUT2D eigenvalue weighted by Crippen LogP contribution is 2.19. The number of amides is 1. The summed E-state index contributed by atoms with van der Waals surface area (Å²) in [4.78, 5) is 18.5. The van der Waals surface area contributed by atoms with Crippen molar-refractivity contribution in [1.82, 2.24) is 19.5 Å². The topological polar surface area (TPSA) is 71.0 Å². The summed E-state index contributed by atoms with van der Waals surface area (Å²) in [5, 5.41) is 7.65. The highest BCUT2D eigenvalue weighted by molar-refractivity contribution is 7.09. The van der Waals surface area contributed by atoms with Crippen LogP contribution in [0.5, 0.6) is 0 Å². The summed E-state index contributed by atoms with van der Waals surface area (Å²) in [5.41, 5.74) is 0.668. The van der Waals surface area contributed by atoms with Crippen molar-refractivity contribution in [2.24, 2.45) is 0 Å². The molecular formula is C13H15N5OS. The van der Waals surface area contributed by atoms with Crippen molar-refractivity contribution in [3.05, 3.63) is 30.1 Å². The second-order valence-electron chi connectivity index (χ2n) is 4.69. The zero-order valence-electron chi connectivity index (χ0n) is 11.0. The molecule has 1 amide bonds. The fourth-order valence-corrected chi connectivity index (χ4v) is 2.69. The number of likely N-dealkylation sites (tertiary alicyclic amines) is 1. The Labute approximate surface area is 121 Å². The number of rotatable bonds is 3. The number of carbonyl (C=O) groups is 1. The molecule has 3 heterocycles. The van der Waals surface area contributed by atoms with Crippen molar-refractivity contribution in [2.75, 3.05) is 18.4 Å². The average molecular weight is 289 g/mol. The van der Waals surface area contributed by atoms with Crippen LogP contribution in [-0.2, 0) is 0 Å². The molecule has 0 unspecified atom stereocenters. The van der Waals surface area contributed by atoms with Crippen LogP contribution in [0, 0.1) is 0 Å². The molecule has 2 aromatic heterocycles. The molecule has 0 radical (unpaired) electrons. The molecule has 0 aliphatic carbocycles. The van der Waals surface area contributed by atoms with Gasteiger partial charge in [0.25, 0.3) is 5.91 Å². The zero-order valence-corrected chi connectivity index (χ0v) is 11.8. The van der Waals surface area contributed by atoms with Crippen molar-refractivity contribution >= 4 is 28.3 Å². The first kappa shape index (κ1) is 13.0. The number of nitrogens with one attached hydrogen (secondary N) is 1. The SMILES string of the molecule is O=C(c1ccnc(Nc2cnns2)c1)N1CCCCC1.